The molecule has 1 amide bonds. The van der Waals surface area contributed by atoms with Crippen LogP contribution in [0.4, 0.5) is 0 Å². The molecule has 1 heterocycles. The van der Waals surface area contributed by atoms with Crippen LogP contribution >= 0.6 is 11.8 Å². The maximum atomic E-state index is 12.9. The van der Waals surface area contributed by atoms with Gasteiger partial charge in [-0.1, -0.05) is 12.1 Å². The topological polar surface area (TPSA) is 43.2 Å². The van der Waals surface area contributed by atoms with E-state index in [4.69, 9.17) is 9.47 Å². The normalized spacial score (nSPS) is 18.5. The number of quaternary nitrogens is 1. The summed E-state index contributed by atoms with van der Waals surface area (Å²) in [6, 6.07) is 14.7. The van der Waals surface area contributed by atoms with E-state index in [0.717, 1.165) is 42.0 Å². The molecule has 0 aliphatic carbocycles. The Hall–Kier alpha value is -2.18. The van der Waals surface area contributed by atoms with Crippen LogP contribution in [0.1, 0.15) is 30.0 Å². The van der Waals surface area contributed by atoms with Crippen molar-refractivity contribution in [2.45, 2.75) is 30.3 Å². The number of amides is 1. The maximum Gasteiger partial charge on any atom is 0.277 e. The summed E-state index contributed by atoms with van der Waals surface area (Å²) in [4.78, 5) is 17.3. The molecule has 1 fully saturated rings. The second-order valence-electron chi connectivity index (χ2n) is 7.49. The highest BCUT2D eigenvalue weighted by Crippen LogP contribution is 2.31. The molecule has 2 aromatic carbocycles. The van der Waals surface area contributed by atoms with Gasteiger partial charge < -0.3 is 19.3 Å². The minimum Gasteiger partial charge on any atom is -0.497 e. The number of nitrogens with one attached hydrogen (secondary N) is 1. The third-order valence-electron chi connectivity index (χ3n) is 5.68. The van der Waals surface area contributed by atoms with E-state index in [9.17, 15) is 4.79 Å². The molecular weight excluding hydrogens is 384 g/mol. The zero-order valence-electron chi connectivity index (χ0n) is 17.7. The Balaban J connectivity index is 1.66. The van der Waals surface area contributed by atoms with Gasteiger partial charge in [0.15, 0.2) is 6.54 Å². The molecule has 1 N–H and O–H groups in total. The Morgan fingerprint density at radius 3 is 2.59 bits per heavy atom. The first-order valence-electron chi connectivity index (χ1n) is 9.99. The molecule has 0 saturated carbocycles. The number of likely N-dealkylation sites (N-methyl/N-ethyl adjacent to an activating group) is 1. The summed E-state index contributed by atoms with van der Waals surface area (Å²) in [5.41, 5.74) is 2.31. The van der Waals surface area contributed by atoms with E-state index in [1.807, 2.05) is 24.1 Å². The number of carbonyl (C=O) groups excluding carboxylic acids is 1. The molecule has 1 aliphatic heterocycles. The highest BCUT2D eigenvalue weighted by atomic mass is 32.2. The van der Waals surface area contributed by atoms with Crippen molar-refractivity contribution < 1.29 is 19.2 Å². The van der Waals surface area contributed by atoms with E-state index < -0.39 is 0 Å². The summed E-state index contributed by atoms with van der Waals surface area (Å²) in [7, 11) is 5.24. The number of thioether (sulfide) groups is 1. The average molecular weight is 416 g/mol. The van der Waals surface area contributed by atoms with Crippen molar-refractivity contribution in [1.29, 1.82) is 0 Å². The molecule has 0 radical (unpaired) electrons. The van der Waals surface area contributed by atoms with E-state index in [1.165, 1.54) is 9.80 Å². The lowest BCUT2D eigenvalue weighted by Crippen LogP contribution is -3.11. The molecule has 1 aliphatic rings. The van der Waals surface area contributed by atoms with E-state index >= 15 is 0 Å². The van der Waals surface area contributed by atoms with Gasteiger partial charge >= 0.3 is 0 Å². The first-order valence-corrected chi connectivity index (χ1v) is 11.2. The van der Waals surface area contributed by atoms with Crippen LogP contribution < -0.4 is 14.4 Å². The monoisotopic (exact) mass is 415 g/mol. The van der Waals surface area contributed by atoms with E-state index in [2.05, 4.69) is 36.6 Å². The third kappa shape index (κ3) is 5.25. The van der Waals surface area contributed by atoms with Crippen LogP contribution in [0.5, 0.6) is 11.5 Å². The smallest absolute Gasteiger partial charge is 0.277 e. The molecular formula is C23H31N2O3S+. The molecule has 1 unspecified atom stereocenters. The lowest BCUT2D eigenvalue weighted by atomic mass is 10.0. The van der Waals surface area contributed by atoms with Crippen LogP contribution in [-0.4, -0.2) is 51.4 Å². The Labute approximate surface area is 178 Å². The second-order valence-corrected chi connectivity index (χ2v) is 8.37. The number of ether oxygens (including phenoxy) is 2. The van der Waals surface area contributed by atoms with Crippen LogP contribution in [0.2, 0.25) is 0 Å². The van der Waals surface area contributed by atoms with Crippen LogP contribution in [-0.2, 0) is 11.3 Å². The Morgan fingerprint density at radius 2 is 1.93 bits per heavy atom. The number of carbonyl (C=O) groups is 1. The summed E-state index contributed by atoms with van der Waals surface area (Å²) >= 11 is 1.73. The summed E-state index contributed by atoms with van der Waals surface area (Å²) in [6.45, 7) is 2.14. The molecule has 0 bridgehead atoms. The van der Waals surface area contributed by atoms with Gasteiger partial charge in [-0.3, -0.25) is 4.79 Å². The quantitative estimate of drug-likeness (QED) is 0.674. The van der Waals surface area contributed by atoms with Gasteiger partial charge in [0.25, 0.3) is 5.91 Å². The van der Waals surface area contributed by atoms with Crippen molar-refractivity contribution in [3.8, 4) is 11.5 Å². The molecule has 1 saturated heterocycles. The summed E-state index contributed by atoms with van der Waals surface area (Å²) < 4.78 is 10.9. The number of rotatable bonds is 8. The highest BCUT2D eigenvalue weighted by Gasteiger charge is 2.34. The minimum absolute atomic E-state index is 0.174. The fraction of sp³-hybridized carbons (Fsp3) is 0.435. The SMILES string of the molecule is COc1ccc([C@H]2CCC[NH+]2CC(=O)N(C)Cc2ccc(SC)cc2)c(OC)c1. The standard InChI is InChI=1S/C23H30N2O3S/c1-24(15-17-7-10-19(29-4)11-8-17)23(26)16-25-13-5-6-21(25)20-12-9-18(27-2)14-22(20)28-3/h7-12,14,21H,5-6,13,15-16H2,1-4H3/p+1/t21-/m1/s1. The lowest BCUT2D eigenvalue weighted by molar-refractivity contribution is -0.910. The van der Waals surface area contributed by atoms with Crippen molar-refractivity contribution in [3.63, 3.8) is 0 Å². The van der Waals surface area contributed by atoms with Crippen molar-refractivity contribution in [3.05, 3.63) is 53.6 Å². The number of nitrogens with zero attached hydrogens (tertiary/aromatic N) is 1. The number of hydrogen-bond acceptors (Lipinski definition) is 4. The summed E-state index contributed by atoms with van der Waals surface area (Å²) in [6.07, 6.45) is 4.24. The minimum atomic E-state index is 0.174. The number of hydrogen-bond donors (Lipinski definition) is 1. The van der Waals surface area contributed by atoms with Gasteiger partial charge in [0.2, 0.25) is 0 Å². The molecule has 3 rings (SSSR count). The molecule has 6 heteroatoms. The fourth-order valence-corrected chi connectivity index (χ4v) is 4.44. The second kappa shape index (κ2) is 10.0. The van der Waals surface area contributed by atoms with E-state index in [1.54, 1.807) is 26.0 Å². The van der Waals surface area contributed by atoms with E-state index in [0.29, 0.717) is 13.1 Å². The van der Waals surface area contributed by atoms with Crippen molar-refractivity contribution in [2.75, 3.05) is 40.6 Å². The lowest BCUT2D eigenvalue weighted by Gasteiger charge is -2.25. The number of benzene rings is 2. The fourth-order valence-electron chi connectivity index (χ4n) is 4.03. The molecule has 2 atom stereocenters. The van der Waals surface area contributed by atoms with Gasteiger partial charge in [-0.2, -0.15) is 0 Å². The molecule has 0 aromatic heterocycles. The Kier molecular flexibility index (Phi) is 7.45. The summed E-state index contributed by atoms with van der Waals surface area (Å²) in [5, 5.41) is 0. The zero-order valence-corrected chi connectivity index (χ0v) is 18.6. The van der Waals surface area contributed by atoms with Gasteiger partial charge in [0, 0.05) is 37.4 Å². The van der Waals surface area contributed by atoms with E-state index in [-0.39, 0.29) is 11.9 Å². The average Bonchev–Trinajstić information content (AvgIpc) is 3.21. The zero-order chi connectivity index (χ0) is 20.8. The van der Waals surface area contributed by atoms with Crippen molar-refractivity contribution in [1.82, 2.24) is 4.90 Å². The van der Waals surface area contributed by atoms with Crippen LogP contribution in [0.15, 0.2) is 47.4 Å². The Bertz CT molecular complexity index is 825. The van der Waals surface area contributed by atoms with Crippen LogP contribution in [0, 0.1) is 0 Å². The highest BCUT2D eigenvalue weighted by molar-refractivity contribution is 7.98. The molecule has 5 nitrogen and oxygen atoms in total. The van der Waals surface area contributed by atoms with Gasteiger partial charge in [-0.25, -0.2) is 0 Å². The summed E-state index contributed by atoms with van der Waals surface area (Å²) in [5.74, 6) is 1.80. The number of methoxy groups -OCH3 is 2. The predicted octanol–water partition coefficient (Wildman–Crippen LogP) is 2.80. The molecule has 2 aromatic rings. The van der Waals surface area contributed by atoms with Crippen molar-refractivity contribution >= 4 is 17.7 Å². The Morgan fingerprint density at radius 1 is 1.17 bits per heavy atom. The van der Waals surface area contributed by atoms with Gasteiger partial charge in [-0.15, -0.1) is 11.8 Å². The largest absolute Gasteiger partial charge is 0.497 e. The predicted molar refractivity (Wildman–Crippen MR) is 117 cm³/mol. The van der Waals surface area contributed by atoms with Crippen LogP contribution in [0.3, 0.4) is 0 Å². The van der Waals surface area contributed by atoms with Gasteiger partial charge in [0.05, 0.1) is 26.3 Å². The first kappa shape index (κ1) is 21.5. The molecule has 156 valence electrons. The van der Waals surface area contributed by atoms with Crippen LogP contribution in [0.25, 0.3) is 0 Å². The molecule has 29 heavy (non-hydrogen) atoms. The van der Waals surface area contributed by atoms with Gasteiger partial charge in [-0.05, 0) is 36.1 Å². The van der Waals surface area contributed by atoms with Gasteiger partial charge in [0.1, 0.15) is 17.5 Å². The first-order chi connectivity index (χ1) is 14.0. The number of likely N-dealkylation sites (tertiary alicyclic amines) is 1. The van der Waals surface area contributed by atoms with Crippen molar-refractivity contribution in [2.24, 2.45) is 0 Å². The third-order valence-corrected chi connectivity index (χ3v) is 6.43. The molecule has 0 spiro atoms. The maximum absolute atomic E-state index is 12.9.